The zero-order valence-corrected chi connectivity index (χ0v) is 13.8. The van der Waals surface area contributed by atoms with Crippen molar-refractivity contribution in [2.75, 3.05) is 17.7 Å². The molecule has 4 rings (SSSR count). The van der Waals surface area contributed by atoms with Crippen molar-refractivity contribution >= 4 is 17.3 Å². The molecule has 0 saturated carbocycles. The van der Waals surface area contributed by atoms with E-state index in [0.29, 0.717) is 5.92 Å². The van der Waals surface area contributed by atoms with Crippen LogP contribution in [0.5, 0.6) is 0 Å². The highest BCUT2D eigenvalue weighted by Crippen LogP contribution is 2.57. The molecule has 2 aromatic rings. The largest absolute Gasteiger partial charge is 0.388 e. The fourth-order valence-corrected chi connectivity index (χ4v) is 4.66. The Labute approximate surface area is 137 Å². The highest BCUT2D eigenvalue weighted by atomic mass is 16.2. The molecule has 3 nitrogen and oxygen atoms in total. The molecule has 3 heteroatoms. The molecule has 0 fully saturated rings. The molecule has 1 aliphatic carbocycles. The second kappa shape index (κ2) is 4.85. The van der Waals surface area contributed by atoms with Crippen molar-refractivity contribution in [1.29, 1.82) is 0 Å². The smallest absolute Gasteiger partial charge is 0.231 e. The second-order valence-corrected chi connectivity index (χ2v) is 7.06. The molecule has 1 amide bonds. The molecule has 0 radical (unpaired) electrons. The molecule has 3 atom stereocenters. The van der Waals surface area contributed by atoms with Crippen LogP contribution >= 0.6 is 0 Å². The molecular formula is C20H22N2O. The quantitative estimate of drug-likeness (QED) is 0.823. The Hall–Kier alpha value is -2.29. The highest BCUT2D eigenvalue weighted by Gasteiger charge is 2.51. The fourth-order valence-electron chi connectivity index (χ4n) is 4.66. The zero-order chi connectivity index (χ0) is 16.2. The predicted molar refractivity (Wildman–Crippen MR) is 94.0 cm³/mol. The number of nitrogens with one attached hydrogen (secondary N) is 2. The number of carbonyl (C=O) groups excluding carboxylic acids is 1. The van der Waals surface area contributed by atoms with Crippen LogP contribution in [0.15, 0.2) is 42.5 Å². The molecule has 118 valence electrons. The van der Waals surface area contributed by atoms with Crippen molar-refractivity contribution in [2.24, 2.45) is 5.41 Å². The van der Waals surface area contributed by atoms with Gasteiger partial charge in [-0.05, 0) is 48.1 Å². The second-order valence-electron chi connectivity index (χ2n) is 7.06. The van der Waals surface area contributed by atoms with Gasteiger partial charge in [-0.3, -0.25) is 4.79 Å². The first-order valence-corrected chi connectivity index (χ1v) is 8.27. The summed E-state index contributed by atoms with van der Waals surface area (Å²) >= 11 is 0. The van der Waals surface area contributed by atoms with Gasteiger partial charge in [0.1, 0.15) is 0 Å². The van der Waals surface area contributed by atoms with Crippen LogP contribution in [-0.4, -0.2) is 13.0 Å². The van der Waals surface area contributed by atoms with Crippen LogP contribution < -0.4 is 10.6 Å². The number of hydrogen-bond acceptors (Lipinski definition) is 2. The van der Waals surface area contributed by atoms with E-state index in [1.54, 1.807) is 0 Å². The number of para-hydroxylation sites is 1. The van der Waals surface area contributed by atoms with Gasteiger partial charge < -0.3 is 10.6 Å². The molecule has 2 aromatic carbocycles. The van der Waals surface area contributed by atoms with Gasteiger partial charge in [0.15, 0.2) is 0 Å². The molecule has 0 aromatic heterocycles. The van der Waals surface area contributed by atoms with Crippen molar-refractivity contribution in [3.63, 3.8) is 0 Å². The summed E-state index contributed by atoms with van der Waals surface area (Å²) in [7, 11) is 1.97. The average molecular weight is 306 g/mol. The molecule has 0 saturated heterocycles. The van der Waals surface area contributed by atoms with Crippen LogP contribution in [0.25, 0.3) is 0 Å². The van der Waals surface area contributed by atoms with Crippen molar-refractivity contribution < 1.29 is 4.79 Å². The molecule has 1 aliphatic heterocycles. The molecule has 0 spiro atoms. The Kier molecular flexibility index (Phi) is 3.02. The maximum absolute atomic E-state index is 12.9. The number of anilines is 2. The number of benzene rings is 2. The number of fused-ring (bicyclic) bond motifs is 5. The van der Waals surface area contributed by atoms with Crippen LogP contribution in [-0.2, 0) is 4.79 Å². The lowest BCUT2D eigenvalue weighted by molar-refractivity contribution is -0.127. The minimum atomic E-state index is -0.396. The highest BCUT2D eigenvalue weighted by molar-refractivity contribution is 6.00. The van der Waals surface area contributed by atoms with Gasteiger partial charge in [-0.15, -0.1) is 0 Å². The summed E-state index contributed by atoms with van der Waals surface area (Å²) in [5, 5.41) is 6.45. The summed E-state index contributed by atoms with van der Waals surface area (Å²) in [6.45, 7) is 4.35. The minimum absolute atomic E-state index is 0.118. The molecule has 2 aliphatic rings. The monoisotopic (exact) mass is 306 g/mol. The summed E-state index contributed by atoms with van der Waals surface area (Å²) in [6.07, 6.45) is 0.865. The topological polar surface area (TPSA) is 41.1 Å². The van der Waals surface area contributed by atoms with E-state index in [1.807, 2.05) is 19.2 Å². The molecular weight excluding hydrogens is 284 g/mol. The molecule has 1 heterocycles. The summed E-state index contributed by atoms with van der Waals surface area (Å²) in [5.41, 5.74) is 5.63. The van der Waals surface area contributed by atoms with Gasteiger partial charge in [0, 0.05) is 24.3 Å². The number of amides is 1. The van der Waals surface area contributed by atoms with Gasteiger partial charge in [0.25, 0.3) is 0 Å². The number of rotatable bonds is 1. The van der Waals surface area contributed by atoms with Gasteiger partial charge in [-0.1, -0.05) is 37.3 Å². The van der Waals surface area contributed by atoms with E-state index in [2.05, 4.69) is 54.8 Å². The fraction of sp³-hybridized carbons (Fsp3) is 0.350. The van der Waals surface area contributed by atoms with E-state index in [0.717, 1.165) is 12.1 Å². The van der Waals surface area contributed by atoms with Crippen LogP contribution in [0.2, 0.25) is 0 Å². The van der Waals surface area contributed by atoms with Gasteiger partial charge in [-0.25, -0.2) is 0 Å². The van der Waals surface area contributed by atoms with E-state index < -0.39 is 5.41 Å². The predicted octanol–water partition coefficient (Wildman–Crippen LogP) is 4.33. The van der Waals surface area contributed by atoms with Crippen molar-refractivity contribution in [3.05, 3.63) is 59.2 Å². The van der Waals surface area contributed by atoms with Gasteiger partial charge in [0.2, 0.25) is 5.91 Å². The van der Waals surface area contributed by atoms with Crippen molar-refractivity contribution in [2.45, 2.75) is 32.1 Å². The SMILES string of the molecule is CNc1cccc2c1C(C)C[C@]1(C)C(=O)Nc3ccccc3[C@H]21. The summed E-state index contributed by atoms with van der Waals surface area (Å²) in [5.74, 6) is 0.617. The molecule has 2 N–H and O–H groups in total. The van der Waals surface area contributed by atoms with Crippen molar-refractivity contribution in [1.82, 2.24) is 0 Å². The normalized spacial score (nSPS) is 28.2. The van der Waals surface area contributed by atoms with E-state index in [9.17, 15) is 4.79 Å². The average Bonchev–Trinajstić information content (AvgIpc) is 2.55. The molecule has 23 heavy (non-hydrogen) atoms. The Balaban J connectivity index is 2.02. The van der Waals surface area contributed by atoms with E-state index >= 15 is 0 Å². The maximum atomic E-state index is 12.9. The third-order valence-electron chi connectivity index (χ3n) is 5.62. The van der Waals surface area contributed by atoms with E-state index in [4.69, 9.17) is 0 Å². The lowest BCUT2D eigenvalue weighted by Gasteiger charge is -2.48. The van der Waals surface area contributed by atoms with E-state index in [-0.39, 0.29) is 11.8 Å². The van der Waals surface area contributed by atoms with E-state index in [1.165, 1.54) is 22.4 Å². The van der Waals surface area contributed by atoms with Gasteiger partial charge >= 0.3 is 0 Å². The third-order valence-corrected chi connectivity index (χ3v) is 5.62. The number of carbonyl (C=O) groups is 1. The maximum Gasteiger partial charge on any atom is 0.231 e. The first kappa shape index (κ1) is 14.3. The zero-order valence-electron chi connectivity index (χ0n) is 13.8. The lowest BCUT2D eigenvalue weighted by atomic mass is 9.57. The summed E-state index contributed by atoms with van der Waals surface area (Å²) < 4.78 is 0. The van der Waals surface area contributed by atoms with Crippen LogP contribution in [0, 0.1) is 5.41 Å². The Bertz CT molecular complexity index is 798. The summed E-state index contributed by atoms with van der Waals surface area (Å²) in [4.78, 5) is 12.9. The lowest BCUT2D eigenvalue weighted by Crippen LogP contribution is -2.46. The van der Waals surface area contributed by atoms with Gasteiger partial charge in [0.05, 0.1) is 5.41 Å². The minimum Gasteiger partial charge on any atom is -0.388 e. The molecule has 0 bridgehead atoms. The van der Waals surface area contributed by atoms with Crippen LogP contribution in [0.3, 0.4) is 0 Å². The Morgan fingerprint density at radius 2 is 1.87 bits per heavy atom. The van der Waals surface area contributed by atoms with Gasteiger partial charge in [-0.2, -0.15) is 0 Å². The number of hydrogen-bond donors (Lipinski definition) is 2. The van der Waals surface area contributed by atoms with Crippen molar-refractivity contribution in [3.8, 4) is 0 Å². The Morgan fingerprint density at radius 1 is 1.13 bits per heavy atom. The molecule has 1 unspecified atom stereocenters. The third kappa shape index (κ3) is 1.86. The van der Waals surface area contributed by atoms with Crippen LogP contribution in [0.4, 0.5) is 11.4 Å². The first-order chi connectivity index (χ1) is 11.1. The summed E-state index contributed by atoms with van der Waals surface area (Å²) in [6, 6.07) is 14.6. The standard InChI is InChI=1S/C20H22N2O/c1-12-11-20(2)18(14-8-6-10-16(21-3)17(12)14)13-7-4-5-9-15(13)22-19(20)23/h4-10,12,18,21H,11H2,1-3H3,(H,22,23)/t12?,18-,20+/m1/s1. The Morgan fingerprint density at radius 3 is 2.65 bits per heavy atom. The van der Waals surface area contributed by atoms with Crippen LogP contribution in [0.1, 0.15) is 48.8 Å². The first-order valence-electron chi connectivity index (χ1n) is 8.27.